The number of carbonyl (C=O) groups is 1. The molecule has 2 amide bonds. The lowest BCUT2D eigenvalue weighted by Crippen LogP contribution is -2.31. The van der Waals surface area contributed by atoms with E-state index in [4.69, 9.17) is 16.3 Å². The predicted octanol–water partition coefficient (Wildman–Crippen LogP) is 4.21. The summed E-state index contributed by atoms with van der Waals surface area (Å²) in [5, 5.41) is 5.13. The summed E-state index contributed by atoms with van der Waals surface area (Å²) in [5.74, 6) is -1.10. The molecule has 2 aromatic carbocycles. The van der Waals surface area contributed by atoms with Gasteiger partial charge in [-0.25, -0.2) is 13.6 Å². The SMILES string of the molecule is O=C(NCCCOc1ccccc1Cl)Nc1c(F)cccc1F. The molecule has 0 saturated carbocycles. The average Bonchev–Trinajstić information content (AvgIpc) is 2.52. The first-order valence-corrected chi connectivity index (χ1v) is 7.32. The molecule has 0 heterocycles. The maximum Gasteiger partial charge on any atom is 0.319 e. The zero-order valence-electron chi connectivity index (χ0n) is 12.1. The van der Waals surface area contributed by atoms with Crippen molar-refractivity contribution < 1.29 is 18.3 Å². The van der Waals surface area contributed by atoms with Crippen molar-refractivity contribution in [3.05, 3.63) is 59.1 Å². The topological polar surface area (TPSA) is 50.4 Å². The minimum absolute atomic E-state index is 0.284. The smallest absolute Gasteiger partial charge is 0.319 e. The number of nitrogens with one attached hydrogen (secondary N) is 2. The number of rotatable bonds is 6. The fourth-order valence-electron chi connectivity index (χ4n) is 1.79. The van der Waals surface area contributed by atoms with E-state index in [1.54, 1.807) is 24.3 Å². The number of hydrogen-bond donors (Lipinski definition) is 2. The summed E-state index contributed by atoms with van der Waals surface area (Å²) in [6, 6.07) is 9.71. The lowest BCUT2D eigenvalue weighted by molar-refractivity contribution is 0.250. The quantitative estimate of drug-likeness (QED) is 0.774. The van der Waals surface area contributed by atoms with E-state index in [-0.39, 0.29) is 6.54 Å². The summed E-state index contributed by atoms with van der Waals surface area (Å²) in [6.07, 6.45) is 0.512. The Hall–Kier alpha value is -2.34. The third-order valence-corrected chi connectivity index (χ3v) is 3.21. The summed E-state index contributed by atoms with van der Waals surface area (Å²) in [6.45, 7) is 0.629. The number of anilines is 1. The first-order valence-electron chi connectivity index (χ1n) is 6.94. The van der Waals surface area contributed by atoms with Gasteiger partial charge in [0.25, 0.3) is 0 Å². The Balaban J connectivity index is 1.70. The molecule has 0 fully saturated rings. The number of amides is 2. The average molecular weight is 341 g/mol. The number of carbonyl (C=O) groups excluding carboxylic acids is 1. The number of halogens is 3. The number of hydrogen-bond acceptors (Lipinski definition) is 2. The second kappa shape index (κ2) is 8.33. The number of urea groups is 1. The molecular weight excluding hydrogens is 326 g/mol. The molecule has 0 aliphatic rings. The fourth-order valence-corrected chi connectivity index (χ4v) is 1.98. The fraction of sp³-hybridized carbons (Fsp3) is 0.188. The van der Waals surface area contributed by atoms with Crippen molar-refractivity contribution >= 4 is 23.3 Å². The van der Waals surface area contributed by atoms with E-state index >= 15 is 0 Å². The van der Waals surface area contributed by atoms with Gasteiger partial charge in [-0.3, -0.25) is 0 Å². The monoisotopic (exact) mass is 340 g/mol. The Labute approximate surface area is 137 Å². The Morgan fingerprint density at radius 3 is 2.48 bits per heavy atom. The molecule has 7 heteroatoms. The first-order chi connectivity index (χ1) is 11.1. The highest BCUT2D eigenvalue weighted by molar-refractivity contribution is 6.32. The van der Waals surface area contributed by atoms with E-state index < -0.39 is 23.4 Å². The highest BCUT2D eigenvalue weighted by Gasteiger charge is 2.11. The van der Waals surface area contributed by atoms with Gasteiger partial charge in [-0.2, -0.15) is 0 Å². The normalized spacial score (nSPS) is 10.2. The molecule has 0 spiro atoms. The van der Waals surface area contributed by atoms with Crippen LogP contribution in [0.15, 0.2) is 42.5 Å². The van der Waals surface area contributed by atoms with Crippen LogP contribution >= 0.6 is 11.6 Å². The second-order valence-electron chi connectivity index (χ2n) is 4.61. The molecule has 4 nitrogen and oxygen atoms in total. The Morgan fingerprint density at radius 1 is 1.09 bits per heavy atom. The van der Waals surface area contributed by atoms with Gasteiger partial charge in [0.1, 0.15) is 23.1 Å². The molecule has 0 bridgehead atoms. The van der Waals surface area contributed by atoms with Crippen molar-refractivity contribution in [2.75, 3.05) is 18.5 Å². The minimum Gasteiger partial charge on any atom is -0.492 e. The lowest BCUT2D eigenvalue weighted by atomic mass is 10.3. The van der Waals surface area contributed by atoms with Crippen molar-refractivity contribution in [1.29, 1.82) is 0 Å². The van der Waals surface area contributed by atoms with Crippen LogP contribution in [0, 0.1) is 11.6 Å². The lowest BCUT2D eigenvalue weighted by Gasteiger charge is -2.10. The molecule has 23 heavy (non-hydrogen) atoms. The summed E-state index contributed by atoms with van der Waals surface area (Å²) in [7, 11) is 0. The molecule has 0 radical (unpaired) electrons. The van der Waals surface area contributed by atoms with Gasteiger partial charge in [-0.15, -0.1) is 0 Å². The van der Waals surface area contributed by atoms with E-state index in [2.05, 4.69) is 10.6 Å². The van der Waals surface area contributed by atoms with Gasteiger partial charge in [0.2, 0.25) is 0 Å². The Bertz CT molecular complexity index is 663. The van der Waals surface area contributed by atoms with Crippen molar-refractivity contribution in [2.45, 2.75) is 6.42 Å². The van der Waals surface area contributed by atoms with Gasteiger partial charge in [-0.05, 0) is 30.7 Å². The van der Waals surface area contributed by atoms with Crippen molar-refractivity contribution in [2.24, 2.45) is 0 Å². The molecule has 2 N–H and O–H groups in total. The molecule has 2 aromatic rings. The first kappa shape index (κ1) is 17.0. The largest absolute Gasteiger partial charge is 0.492 e. The van der Waals surface area contributed by atoms with Gasteiger partial charge in [0, 0.05) is 6.54 Å². The number of benzene rings is 2. The molecule has 2 rings (SSSR count). The van der Waals surface area contributed by atoms with E-state index in [1.165, 1.54) is 6.07 Å². The third kappa shape index (κ3) is 5.10. The van der Waals surface area contributed by atoms with Gasteiger partial charge >= 0.3 is 6.03 Å². The molecule has 0 atom stereocenters. The molecule has 0 aromatic heterocycles. The maximum absolute atomic E-state index is 13.4. The van der Waals surface area contributed by atoms with E-state index in [0.29, 0.717) is 23.8 Å². The van der Waals surface area contributed by atoms with Gasteiger partial charge in [-0.1, -0.05) is 29.8 Å². The summed E-state index contributed by atoms with van der Waals surface area (Å²) in [4.78, 5) is 11.6. The van der Waals surface area contributed by atoms with Crippen LogP contribution in [-0.4, -0.2) is 19.2 Å². The third-order valence-electron chi connectivity index (χ3n) is 2.90. The van der Waals surface area contributed by atoms with Gasteiger partial charge < -0.3 is 15.4 Å². The number of para-hydroxylation sites is 2. The highest BCUT2D eigenvalue weighted by Crippen LogP contribution is 2.23. The minimum atomic E-state index is -0.831. The van der Waals surface area contributed by atoms with E-state index in [9.17, 15) is 13.6 Å². The van der Waals surface area contributed by atoms with Crippen molar-refractivity contribution in [3.63, 3.8) is 0 Å². The van der Waals surface area contributed by atoms with Crippen LogP contribution in [0.5, 0.6) is 5.75 Å². The van der Waals surface area contributed by atoms with Crippen LogP contribution in [0.3, 0.4) is 0 Å². The summed E-state index contributed by atoms with van der Waals surface area (Å²) in [5.41, 5.74) is -0.475. The molecule has 0 aliphatic heterocycles. The second-order valence-corrected chi connectivity index (χ2v) is 5.02. The highest BCUT2D eigenvalue weighted by atomic mass is 35.5. The van der Waals surface area contributed by atoms with Crippen molar-refractivity contribution in [3.8, 4) is 5.75 Å². The summed E-state index contributed by atoms with van der Waals surface area (Å²) < 4.78 is 32.2. The standard InChI is InChI=1S/C16H15ClF2N2O2/c17-11-5-1-2-8-14(11)23-10-4-9-20-16(22)21-15-12(18)6-3-7-13(15)19/h1-3,5-8H,4,9-10H2,(H2,20,21,22). The van der Waals surface area contributed by atoms with Crippen LogP contribution < -0.4 is 15.4 Å². The zero-order valence-corrected chi connectivity index (χ0v) is 12.9. The zero-order chi connectivity index (χ0) is 16.7. The molecule has 0 aliphatic carbocycles. The van der Waals surface area contributed by atoms with Gasteiger partial charge in [0.05, 0.1) is 11.6 Å². The van der Waals surface area contributed by atoms with Crippen LogP contribution in [0.2, 0.25) is 5.02 Å². The molecule has 122 valence electrons. The molecule has 0 unspecified atom stereocenters. The maximum atomic E-state index is 13.4. The van der Waals surface area contributed by atoms with Crippen molar-refractivity contribution in [1.82, 2.24) is 5.32 Å². The van der Waals surface area contributed by atoms with Crippen LogP contribution in [0.1, 0.15) is 6.42 Å². The summed E-state index contributed by atoms with van der Waals surface area (Å²) >= 11 is 5.93. The van der Waals surface area contributed by atoms with Crippen LogP contribution in [0.4, 0.5) is 19.3 Å². The molecule has 0 saturated heterocycles. The van der Waals surface area contributed by atoms with E-state index in [0.717, 1.165) is 12.1 Å². The Morgan fingerprint density at radius 2 is 1.78 bits per heavy atom. The Kier molecular flexibility index (Phi) is 6.17. The van der Waals surface area contributed by atoms with Crippen LogP contribution in [0.25, 0.3) is 0 Å². The number of ether oxygens (including phenoxy) is 1. The molecular formula is C16H15ClF2N2O2. The van der Waals surface area contributed by atoms with Gasteiger partial charge in [0.15, 0.2) is 0 Å². The predicted molar refractivity (Wildman–Crippen MR) is 84.9 cm³/mol. The van der Waals surface area contributed by atoms with E-state index in [1.807, 2.05) is 0 Å². The van der Waals surface area contributed by atoms with Crippen LogP contribution in [-0.2, 0) is 0 Å².